The Bertz CT molecular complexity index is 551. The first kappa shape index (κ1) is 15.6. The van der Waals surface area contributed by atoms with Gasteiger partial charge >= 0.3 is 0 Å². The van der Waals surface area contributed by atoms with Gasteiger partial charge < -0.3 is 15.2 Å². The van der Waals surface area contributed by atoms with Crippen LogP contribution in [0.25, 0.3) is 0 Å². The van der Waals surface area contributed by atoms with Crippen LogP contribution < -0.4 is 5.32 Å². The molecule has 4 nitrogen and oxygen atoms in total. The van der Waals surface area contributed by atoms with Gasteiger partial charge in [0.25, 0.3) is 5.91 Å². The molecular formula is C17H21NO3. The van der Waals surface area contributed by atoms with Crippen molar-refractivity contribution >= 4 is 5.91 Å². The minimum Gasteiger partial charge on any atom is -0.384 e. The molecule has 0 spiro atoms. The Labute approximate surface area is 125 Å². The number of amides is 1. The summed E-state index contributed by atoms with van der Waals surface area (Å²) in [5, 5.41) is 11.7. The molecular weight excluding hydrogens is 266 g/mol. The highest BCUT2D eigenvalue weighted by atomic mass is 16.5. The van der Waals surface area contributed by atoms with Gasteiger partial charge in [-0.2, -0.15) is 0 Å². The van der Waals surface area contributed by atoms with Crippen molar-refractivity contribution in [1.82, 2.24) is 5.32 Å². The largest absolute Gasteiger partial charge is 0.384 e. The van der Waals surface area contributed by atoms with Gasteiger partial charge in [-0.3, -0.25) is 4.79 Å². The predicted octanol–water partition coefficient (Wildman–Crippen LogP) is 1.64. The fourth-order valence-corrected chi connectivity index (χ4v) is 2.35. The smallest absolute Gasteiger partial charge is 0.251 e. The van der Waals surface area contributed by atoms with Gasteiger partial charge in [0.1, 0.15) is 6.61 Å². The minimum atomic E-state index is -0.183. The van der Waals surface area contributed by atoms with Crippen molar-refractivity contribution in [1.29, 1.82) is 0 Å². The van der Waals surface area contributed by atoms with Crippen molar-refractivity contribution in [2.24, 2.45) is 0 Å². The Morgan fingerprint density at radius 1 is 1.52 bits per heavy atom. The first-order valence-corrected chi connectivity index (χ1v) is 7.31. The highest BCUT2D eigenvalue weighted by molar-refractivity contribution is 5.94. The van der Waals surface area contributed by atoms with E-state index in [9.17, 15) is 4.79 Å². The number of benzene rings is 1. The average Bonchev–Trinajstić information content (AvgIpc) is 2.99. The first-order chi connectivity index (χ1) is 10.2. The van der Waals surface area contributed by atoms with Crippen LogP contribution in [0.1, 0.15) is 40.7 Å². The molecule has 1 amide bonds. The van der Waals surface area contributed by atoms with Crippen molar-refractivity contribution in [2.75, 3.05) is 19.8 Å². The highest BCUT2D eigenvalue weighted by Crippen LogP contribution is 2.14. The maximum atomic E-state index is 12.1. The zero-order valence-corrected chi connectivity index (χ0v) is 12.3. The molecule has 1 saturated heterocycles. The van der Waals surface area contributed by atoms with E-state index in [1.54, 1.807) is 12.1 Å². The second-order valence-corrected chi connectivity index (χ2v) is 5.17. The van der Waals surface area contributed by atoms with Crippen LogP contribution in [0, 0.1) is 18.8 Å². The lowest BCUT2D eigenvalue weighted by molar-refractivity contribution is 0.0907. The first-order valence-electron chi connectivity index (χ1n) is 7.31. The Hall–Kier alpha value is -1.83. The summed E-state index contributed by atoms with van der Waals surface area (Å²) < 4.78 is 5.53. The zero-order valence-electron chi connectivity index (χ0n) is 12.3. The molecule has 2 rings (SSSR count). The number of aliphatic hydroxyl groups excluding tert-OH is 1. The number of hydrogen-bond donors (Lipinski definition) is 2. The zero-order chi connectivity index (χ0) is 15.1. The minimum absolute atomic E-state index is 0.0972. The number of aliphatic hydroxyl groups is 1. The molecule has 1 aliphatic rings. The SMILES string of the molecule is Cc1ccc(C(=O)NCCC2CCCO2)cc1C#CCO. The van der Waals surface area contributed by atoms with Crippen LogP contribution in [0.4, 0.5) is 0 Å². The molecule has 1 heterocycles. The van der Waals surface area contributed by atoms with E-state index in [4.69, 9.17) is 9.84 Å². The maximum absolute atomic E-state index is 12.1. The van der Waals surface area contributed by atoms with Crippen molar-refractivity contribution in [3.05, 3.63) is 34.9 Å². The lowest BCUT2D eigenvalue weighted by Gasteiger charge is -2.10. The average molecular weight is 287 g/mol. The number of carbonyl (C=O) groups excluding carboxylic acids is 1. The van der Waals surface area contributed by atoms with Gasteiger partial charge in [0.2, 0.25) is 0 Å². The lowest BCUT2D eigenvalue weighted by Crippen LogP contribution is -2.27. The molecule has 21 heavy (non-hydrogen) atoms. The van der Waals surface area contributed by atoms with Crippen molar-refractivity contribution < 1.29 is 14.6 Å². The van der Waals surface area contributed by atoms with E-state index in [0.29, 0.717) is 12.1 Å². The van der Waals surface area contributed by atoms with E-state index in [0.717, 1.165) is 37.0 Å². The summed E-state index contributed by atoms with van der Waals surface area (Å²) in [4.78, 5) is 12.1. The van der Waals surface area contributed by atoms with Crippen LogP contribution in [0.2, 0.25) is 0 Å². The number of carbonyl (C=O) groups is 1. The topological polar surface area (TPSA) is 58.6 Å². The van der Waals surface area contributed by atoms with Crippen LogP contribution in [0.3, 0.4) is 0 Å². The Morgan fingerprint density at radius 3 is 3.10 bits per heavy atom. The van der Waals surface area contributed by atoms with Gasteiger partial charge in [0, 0.05) is 24.3 Å². The molecule has 1 aliphatic heterocycles. The number of rotatable bonds is 4. The van der Waals surface area contributed by atoms with Crippen molar-refractivity contribution in [2.45, 2.75) is 32.3 Å². The van der Waals surface area contributed by atoms with Crippen molar-refractivity contribution in [3.8, 4) is 11.8 Å². The Kier molecular flexibility index (Phi) is 5.79. The third kappa shape index (κ3) is 4.59. The van der Waals surface area contributed by atoms with E-state index in [-0.39, 0.29) is 18.6 Å². The summed E-state index contributed by atoms with van der Waals surface area (Å²) in [6.07, 6.45) is 3.34. The summed E-state index contributed by atoms with van der Waals surface area (Å²) in [5.41, 5.74) is 2.36. The molecule has 4 heteroatoms. The fraction of sp³-hybridized carbons (Fsp3) is 0.471. The van der Waals surface area contributed by atoms with Gasteiger partial charge in [-0.25, -0.2) is 0 Å². The van der Waals surface area contributed by atoms with E-state index < -0.39 is 0 Å². The monoisotopic (exact) mass is 287 g/mol. The van der Waals surface area contributed by atoms with Crippen LogP contribution >= 0.6 is 0 Å². The van der Waals surface area contributed by atoms with Crippen LogP contribution in [0.5, 0.6) is 0 Å². The van der Waals surface area contributed by atoms with E-state index in [1.165, 1.54) is 0 Å². The number of ether oxygens (including phenoxy) is 1. The molecule has 1 unspecified atom stereocenters. The van der Waals surface area contributed by atoms with E-state index in [1.807, 2.05) is 13.0 Å². The summed E-state index contributed by atoms with van der Waals surface area (Å²) in [6.45, 7) is 3.20. The predicted molar refractivity (Wildman–Crippen MR) is 81.1 cm³/mol. The van der Waals surface area contributed by atoms with Crippen molar-refractivity contribution in [3.63, 3.8) is 0 Å². The third-order valence-corrected chi connectivity index (χ3v) is 3.58. The van der Waals surface area contributed by atoms with Crippen LogP contribution in [0.15, 0.2) is 18.2 Å². The molecule has 0 bridgehead atoms. The quantitative estimate of drug-likeness (QED) is 0.828. The van der Waals surface area contributed by atoms with Gasteiger partial charge in [-0.15, -0.1) is 0 Å². The molecule has 0 aromatic heterocycles. The maximum Gasteiger partial charge on any atom is 0.251 e. The molecule has 1 atom stereocenters. The molecule has 1 fully saturated rings. The molecule has 0 radical (unpaired) electrons. The van der Waals surface area contributed by atoms with Gasteiger partial charge in [0.05, 0.1) is 6.10 Å². The Balaban J connectivity index is 1.92. The summed E-state index contributed by atoms with van der Waals surface area (Å²) in [5.74, 6) is 5.37. The van der Waals surface area contributed by atoms with Gasteiger partial charge in [0.15, 0.2) is 0 Å². The molecule has 0 saturated carbocycles. The standard InChI is InChI=1S/C17H21NO3/c1-13-6-7-15(12-14(13)4-2-10-19)17(20)18-9-8-16-5-3-11-21-16/h6-7,12,16,19H,3,5,8-11H2,1H3,(H,18,20). The number of nitrogens with one attached hydrogen (secondary N) is 1. The molecule has 112 valence electrons. The normalized spacial score (nSPS) is 17.1. The molecule has 2 N–H and O–H groups in total. The molecule has 1 aromatic rings. The molecule has 0 aliphatic carbocycles. The summed E-state index contributed by atoms with van der Waals surface area (Å²) >= 11 is 0. The van der Waals surface area contributed by atoms with Crippen LogP contribution in [-0.4, -0.2) is 36.9 Å². The van der Waals surface area contributed by atoms with E-state index in [2.05, 4.69) is 17.2 Å². The van der Waals surface area contributed by atoms with Gasteiger partial charge in [-0.1, -0.05) is 17.9 Å². The fourth-order valence-electron chi connectivity index (χ4n) is 2.35. The second kappa shape index (κ2) is 7.82. The Morgan fingerprint density at radius 2 is 2.38 bits per heavy atom. The third-order valence-electron chi connectivity index (χ3n) is 3.58. The van der Waals surface area contributed by atoms with E-state index >= 15 is 0 Å². The summed E-state index contributed by atoms with van der Waals surface area (Å²) in [7, 11) is 0. The highest BCUT2D eigenvalue weighted by Gasteiger charge is 2.15. The molecule has 1 aromatic carbocycles. The lowest BCUT2D eigenvalue weighted by atomic mass is 10.0. The van der Waals surface area contributed by atoms with Crippen LogP contribution in [-0.2, 0) is 4.74 Å². The summed E-state index contributed by atoms with van der Waals surface area (Å²) in [6, 6.07) is 5.43. The van der Waals surface area contributed by atoms with Gasteiger partial charge in [-0.05, 0) is 43.9 Å². The number of hydrogen-bond acceptors (Lipinski definition) is 3. The number of aryl methyl sites for hydroxylation is 1. The second-order valence-electron chi connectivity index (χ2n) is 5.17.